The first-order valence-electron chi connectivity index (χ1n) is 3.67. The molecule has 1 aliphatic rings. The number of allylic oxidation sites excluding steroid dienone is 2. The molecule has 1 heterocycles. The summed E-state index contributed by atoms with van der Waals surface area (Å²) in [5.74, 6) is -0.671. The van der Waals surface area contributed by atoms with Crippen molar-refractivity contribution < 1.29 is 9.59 Å². The summed E-state index contributed by atoms with van der Waals surface area (Å²) < 4.78 is 0. The number of rotatable bonds is 1. The van der Waals surface area contributed by atoms with Crippen LogP contribution in [0.3, 0.4) is 0 Å². The fourth-order valence-corrected chi connectivity index (χ4v) is 2.00. The molecule has 0 saturated carbocycles. The molecule has 0 radical (unpaired) electrons. The van der Waals surface area contributed by atoms with E-state index in [1.165, 1.54) is 11.3 Å². The van der Waals surface area contributed by atoms with Gasteiger partial charge in [0, 0.05) is 16.6 Å². The van der Waals surface area contributed by atoms with Crippen LogP contribution < -0.4 is 0 Å². The predicted octanol–water partition coefficient (Wildman–Crippen LogP) is 2.32. The molecule has 0 bridgehead atoms. The zero-order chi connectivity index (χ0) is 10.1. The predicted molar refractivity (Wildman–Crippen MR) is 50.2 cm³/mol. The van der Waals surface area contributed by atoms with Crippen LogP contribution >= 0.6 is 11.3 Å². The third kappa shape index (κ3) is 1.14. The summed E-state index contributed by atoms with van der Waals surface area (Å²) in [6, 6.07) is 1.56. The summed E-state index contributed by atoms with van der Waals surface area (Å²) in [4.78, 5) is 25.8. The number of thiophene rings is 1. The van der Waals surface area contributed by atoms with Gasteiger partial charge < -0.3 is 0 Å². The van der Waals surface area contributed by atoms with Gasteiger partial charge in [0.05, 0.1) is 10.6 Å². The summed E-state index contributed by atoms with van der Waals surface area (Å²) in [6.07, 6.45) is 1.07. The number of ketones is 2. The van der Waals surface area contributed by atoms with Crippen LogP contribution in [0.15, 0.2) is 28.3 Å². The molecule has 0 unspecified atom stereocenters. The first-order valence-corrected chi connectivity index (χ1v) is 4.55. The van der Waals surface area contributed by atoms with Gasteiger partial charge in [0.25, 0.3) is 0 Å². The molecule has 2 rings (SSSR count). The molecule has 0 aliphatic heterocycles. The molecular weight excluding hydrogens is 202 g/mol. The third-order valence-electron chi connectivity index (χ3n) is 1.79. The number of fused-ring (bicyclic) bond motifs is 1. The van der Waals surface area contributed by atoms with Crippen LogP contribution in [-0.2, 0) is 0 Å². The number of hydrogen-bond donors (Lipinski definition) is 0. The Hall–Kier alpha value is -1.91. The molecule has 0 aromatic carbocycles. The second-order valence-electron chi connectivity index (χ2n) is 2.58. The van der Waals surface area contributed by atoms with Crippen LogP contribution in [0.4, 0.5) is 0 Å². The van der Waals surface area contributed by atoms with Gasteiger partial charge in [-0.25, -0.2) is 0 Å². The van der Waals surface area contributed by atoms with Crippen LogP contribution in [0.1, 0.15) is 20.0 Å². The summed E-state index contributed by atoms with van der Waals surface area (Å²) in [7, 11) is 0. The van der Waals surface area contributed by atoms with E-state index in [1.54, 1.807) is 11.4 Å². The highest BCUT2D eigenvalue weighted by Gasteiger charge is 2.25. The first kappa shape index (κ1) is 8.68. The van der Waals surface area contributed by atoms with Crippen molar-refractivity contribution in [2.45, 2.75) is 0 Å². The Morgan fingerprint density at radius 3 is 2.93 bits per heavy atom. The fourth-order valence-electron chi connectivity index (χ4n) is 1.19. The van der Waals surface area contributed by atoms with E-state index >= 15 is 0 Å². The smallest absolute Gasteiger partial charge is 0.197 e. The molecule has 68 valence electrons. The van der Waals surface area contributed by atoms with Crippen molar-refractivity contribution in [3.63, 3.8) is 0 Å². The summed E-state index contributed by atoms with van der Waals surface area (Å²) in [5.41, 5.74) is 8.37. The van der Waals surface area contributed by atoms with Crippen molar-refractivity contribution in [2.75, 3.05) is 0 Å². The van der Waals surface area contributed by atoms with E-state index in [9.17, 15) is 9.59 Å². The average molecular weight is 205 g/mol. The second kappa shape index (κ2) is 3.10. The molecule has 1 aliphatic carbocycles. The highest BCUT2D eigenvalue weighted by molar-refractivity contribution is 7.12. The molecule has 0 amide bonds. The zero-order valence-electron chi connectivity index (χ0n) is 6.80. The lowest BCUT2D eigenvalue weighted by atomic mass is 10.0. The monoisotopic (exact) mass is 205 g/mol. The van der Waals surface area contributed by atoms with Gasteiger partial charge in [0.15, 0.2) is 11.6 Å². The lowest BCUT2D eigenvalue weighted by Crippen LogP contribution is -2.12. The second-order valence-corrected chi connectivity index (χ2v) is 3.49. The number of carbonyl (C=O) groups is 2. The van der Waals surface area contributed by atoms with Crippen molar-refractivity contribution in [3.8, 4) is 0 Å². The number of nitrogens with zero attached hydrogens (tertiary/aromatic N) is 3. The molecule has 0 spiro atoms. The largest absolute Gasteiger partial charge is 0.289 e. The number of Topliss-reactive ketones (excluding diaryl/α,β-unsaturated/α-hetero) is 1. The maximum absolute atomic E-state index is 11.5. The summed E-state index contributed by atoms with van der Waals surface area (Å²) in [5, 5.41) is 4.83. The van der Waals surface area contributed by atoms with Gasteiger partial charge in [-0.15, -0.1) is 11.3 Å². The average Bonchev–Trinajstić information content (AvgIpc) is 2.63. The topological polar surface area (TPSA) is 82.9 Å². The number of carbonyl (C=O) groups excluding carboxylic acids is 2. The van der Waals surface area contributed by atoms with Gasteiger partial charge in [-0.05, 0) is 17.0 Å². The van der Waals surface area contributed by atoms with Gasteiger partial charge in [-0.1, -0.05) is 5.11 Å². The Bertz CT molecular complexity index is 508. The van der Waals surface area contributed by atoms with Gasteiger partial charge in [0.2, 0.25) is 0 Å². The molecule has 5 nitrogen and oxygen atoms in total. The Labute approximate surface area is 82.3 Å². The lowest BCUT2D eigenvalue weighted by Gasteiger charge is -2.05. The Kier molecular flexibility index (Phi) is 1.92. The Balaban J connectivity index is 2.60. The molecule has 1 aromatic rings. The van der Waals surface area contributed by atoms with Crippen LogP contribution in [0.5, 0.6) is 0 Å². The zero-order valence-corrected chi connectivity index (χ0v) is 7.61. The minimum Gasteiger partial charge on any atom is -0.289 e. The van der Waals surface area contributed by atoms with Gasteiger partial charge in [0.1, 0.15) is 0 Å². The SMILES string of the molecule is [N-]=[N+]=NC1=CC(=O)c2sccc2C1=O. The summed E-state index contributed by atoms with van der Waals surface area (Å²) >= 11 is 1.21. The highest BCUT2D eigenvalue weighted by atomic mass is 32.1. The first-order chi connectivity index (χ1) is 6.74. The third-order valence-corrected chi connectivity index (χ3v) is 2.72. The lowest BCUT2D eigenvalue weighted by molar-refractivity contribution is 0.0986. The number of azide groups is 1. The van der Waals surface area contributed by atoms with Crippen molar-refractivity contribution >= 4 is 22.9 Å². The van der Waals surface area contributed by atoms with Crippen molar-refractivity contribution in [1.82, 2.24) is 0 Å². The van der Waals surface area contributed by atoms with Gasteiger partial charge in [-0.3, -0.25) is 9.59 Å². The molecule has 0 fully saturated rings. The summed E-state index contributed by atoms with van der Waals surface area (Å²) in [6.45, 7) is 0. The normalized spacial score (nSPS) is 14.4. The molecule has 1 aromatic heterocycles. The molecule has 6 heteroatoms. The van der Waals surface area contributed by atoms with E-state index in [0.29, 0.717) is 10.4 Å². The van der Waals surface area contributed by atoms with Crippen LogP contribution in [0, 0.1) is 0 Å². The maximum atomic E-state index is 11.5. The minimum absolute atomic E-state index is 0.136. The van der Waals surface area contributed by atoms with Crippen LogP contribution in [0.2, 0.25) is 0 Å². The molecule has 0 saturated heterocycles. The molecular formula is C8H3N3O2S. The fraction of sp³-hybridized carbons (Fsp3) is 0. The molecule has 0 atom stereocenters. The van der Waals surface area contributed by atoms with E-state index in [2.05, 4.69) is 10.0 Å². The standard InChI is InChI=1S/C8H3N3O2S/c9-11-10-5-3-6(12)8-4(7(5)13)1-2-14-8/h1-3H. The number of hydrogen-bond acceptors (Lipinski definition) is 4. The Morgan fingerprint density at radius 2 is 2.21 bits per heavy atom. The van der Waals surface area contributed by atoms with E-state index in [-0.39, 0.29) is 11.5 Å². The molecule has 0 N–H and O–H groups in total. The van der Waals surface area contributed by atoms with Gasteiger partial charge >= 0.3 is 0 Å². The van der Waals surface area contributed by atoms with E-state index in [4.69, 9.17) is 5.53 Å². The van der Waals surface area contributed by atoms with E-state index < -0.39 is 5.78 Å². The molecule has 14 heavy (non-hydrogen) atoms. The van der Waals surface area contributed by atoms with E-state index in [0.717, 1.165) is 6.08 Å². The van der Waals surface area contributed by atoms with E-state index in [1.807, 2.05) is 0 Å². The van der Waals surface area contributed by atoms with Crippen molar-refractivity contribution in [3.05, 3.63) is 44.1 Å². The van der Waals surface area contributed by atoms with Crippen molar-refractivity contribution in [2.24, 2.45) is 5.11 Å². The van der Waals surface area contributed by atoms with Crippen LogP contribution in [-0.4, -0.2) is 11.6 Å². The maximum Gasteiger partial charge on any atom is 0.197 e. The quantitative estimate of drug-likeness (QED) is 0.400. The van der Waals surface area contributed by atoms with Crippen molar-refractivity contribution in [1.29, 1.82) is 0 Å². The van der Waals surface area contributed by atoms with Crippen LogP contribution in [0.25, 0.3) is 10.4 Å². The Morgan fingerprint density at radius 1 is 1.43 bits per heavy atom. The highest BCUT2D eigenvalue weighted by Crippen LogP contribution is 2.26. The minimum atomic E-state index is -0.390. The van der Waals surface area contributed by atoms with Gasteiger partial charge in [-0.2, -0.15) is 0 Å².